The maximum absolute atomic E-state index is 5.14. The molecule has 82 valence electrons. The van der Waals surface area contributed by atoms with Gasteiger partial charge in [-0.05, 0) is 37.5 Å². The van der Waals surface area contributed by atoms with Crippen LogP contribution in [0.5, 0.6) is 5.75 Å². The van der Waals surface area contributed by atoms with E-state index in [2.05, 4.69) is 24.4 Å². The summed E-state index contributed by atoms with van der Waals surface area (Å²) in [5, 5.41) is 3.63. The second-order valence-electron chi connectivity index (χ2n) is 4.29. The fraction of sp³-hybridized carbons (Fsp3) is 0.538. The van der Waals surface area contributed by atoms with E-state index in [9.17, 15) is 0 Å². The molecule has 2 heteroatoms. The summed E-state index contributed by atoms with van der Waals surface area (Å²) in [6.07, 6.45) is 4.05. The zero-order chi connectivity index (χ0) is 10.7. The van der Waals surface area contributed by atoms with Crippen molar-refractivity contribution in [1.29, 1.82) is 0 Å². The molecule has 2 nitrogen and oxygen atoms in total. The molecule has 1 aromatic carbocycles. The van der Waals surface area contributed by atoms with Crippen LogP contribution in [0.2, 0.25) is 0 Å². The number of hydrogen-bond acceptors (Lipinski definition) is 2. The lowest BCUT2D eigenvalue weighted by Crippen LogP contribution is -2.36. The summed E-state index contributed by atoms with van der Waals surface area (Å²) in [6.45, 7) is 2.22. The number of nitrogens with one attached hydrogen (secondary N) is 1. The molecule has 1 saturated carbocycles. The van der Waals surface area contributed by atoms with E-state index in [1.54, 1.807) is 7.11 Å². The van der Waals surface area contributed by atoms with Crippen molar-refractivity contribution in [3.05, 3.63) is 29.8 Å². The van der Waals surface area contributed by atoms with Crippen molar-refractivity contribution in [1.82, 2.24) is 5.32 Å². The summed E-state index contributed by atoms with van der Waals surface area (Å²) in [7, 11) is 1.70. The van der Waals surface area contributed by atoms with Crippen LogP contribution in [0.4, 0.5) is 0 Å². The van der Waals surface area contributed by atoms with E-state index in [0.717, 1.165) is 11.8 Å². The average molecular weight is 205 g/mol. The molecule has 0 bridgehead atoms. The monoisotopic (exact) mass is 205 g/mol. The summed E-state index contributed by atoms with van der Waals surface area (Å²) < 4.78 is 5.14. The molecule has 1 atom stereocenters. The Morgan fingerprint density at radius 1 is 1.27 bits per heavy atom. The number of hydrogen-bond donors (Lipinski definition) is 1. The maximum Gasteiger partial charge on any atom is 0.118 e. The van der Waals surface area contributed by atoms with Crippen molar-refractivity contribution in [3.63, 3.8) is 0 Å². The molecule has 0 aromatic heterocycles. The number of methoxy groups -OCH3 is 1. The smallest absolute Gasteiger partial charge is 0.118 e. The minimum Gasteiger partial charge on any atom is -0.497 e. The molecular formula is C13H19NO. The Hall–Kier alpha value is -1.02. The molecule has 0 unspecified atom stereocenters. The standard InChI is InChI=1S/C13H19NO/c1-10(14-12-4-3-5-12)11-6-8-13(15-2)9-7-11/h6-10,12,14H,3-5H2,1-2H3/t10-/m0/s1. The summed E-state index contributed by atoms with van der Waals surface area (Å²) in [4.78, 5) is 0. The number of rotatable bonds is 4. The van der Waals surface area contributed by atoms with E-state index < -0.39 is 0 Å². The van der Waals surface area contributed by atoms with Crippen LogP contribution in [-0.4, -0.2) is 13.2 Å². The molecule has 2 rings (SSSR count). The van der Waals surface area contributed by atoms with Gasteiger partial charge in [-0.1, -0.05) is 18.6 Å². The Balaban J connectivity index is 1.94. The third kappa shape index (κ3) is 2.51. The van der Waals surface area contributed by atoms with E-state index in [-0.39, 0.29) is 0 Å². The lowest BCUT2D eigenvalue weighted by Gasteiger charge is -2.30. The lowest BCUT2D eigenvalue weighted by molar-refractivity contribution is 0.313. The SMILES string of the molecule is COc1ccc([C@H](C)NC2CCC2)cc1. The predicted octanol–water partition coefficient (Wildman–Crippen LogP) is 2.90. The molecule has 0 saturated heterocycles. The van der Waals surface area contributed by atoms with Crippen LogP contribution in [0.3, 0.4) is 0 Å². The molecular weight excluding hydrogens is 186 g/mol. The zero-order valence-corrected chi connectivity index (χ0v) is 9.49. The predicted molar refractivity (Wildman–Crippen MR) is 62.2 cm³/mol. The molecule has 0 heterocycles. The van der Waals surface area contributed by atoms with E-state index >= 15 is 0 Å². The van der Waals surface area contributed by atoms with Crippen molar-refractivity contribution in [3.8, 4) is 5.75 Å². The quantitative estimate of drug-likeness (QED) is 0.816. The minimum absolute atomic E-state index is 0.446. The topological polar surface area (TPSA) is 21.3 Å². The van der Waals surface area contributed by atoms with Crippen molar-refractivity contribution in [2.24, 2.45) is 0 Å². The Morgan fingerprint density at radius 2 is 1.93 bits per heavy atom. The second-order valence-corrected chi connectivity index (χ2v) is 4.29. The summed E-state index contributed by atoms with van der Waals surface area (Å²) in [5.74, 6) is 0.926. The normalized spacial score (nSPS) is 18.3. The van der Waals surface area contributed by atoms with Crippen LogP contribution in [0, 0.1) is 0 Å². The van der Waals surface area contributed by atoms with Gasteiger partial charge in [-0.15, -0.1) is 0 Å². The largest absolute Gasteiger partial charge is 0.497 e. The van der Waals surface area contributed by atoms with Crippen LogP contribution in [0.25, 0.3) is 0 Å². The van der Waals surface area contributed by atoms with E-state index in [1.165, 1.54) is 24.8 Å². The van der Waals surface area contributed by atoms with Gasteiger partial charge in [0.05, 0.1) is 7.11 Å². The van der Waals surface area contributed by atoms with Crippen LogP contribution >= 0.6 is 0 Å². The Kier molecular flexibility index (Phi) is 3.27. The van der Waals surface area contributed by atoms with Gasteiger partial charge in [-0.25, -0.2) is 0 Å². The molecule has 0 aliphatic heterocycles. The first-order valence-electron chi connectivity index (χ1n) is 5.69. The summed E-state index contributed by atoms with van der Waals surface area (Å²) in [6, 6.07) is 9.50. The molecule has 1 fully saturated rings. The van der Waals surface area contributed by atoms with Gasteiger partial charge in [0.25, 0.3) is 0 Å². The van der Waals surface area contributed by atoms with E-state index in [4.69, 9.17) is 4.74 Å². The Morgan fingerprint density at radius 3 is 2.40 bits per heavy atom. The second kappa shape index (κ2) is 4.67. The highest BCUT2D eigenvalue weighted by molar-refractivity contribution is 5.28. The first kappa shape index (κ1) is 10.5. The fourth-order valence-electron chi connectivity index (χ4n) is 1.92. The van der Waals surface area contributed by atoms with Gasteiger partial charge >= 0.3 is 0 Å². The Bertz CT molecular complexity index is 303. The molecule has 1 aromatic rings. The van der Waals surface area contributed by atoms with Gasteiger partial charge in [0.15, 0.2) is 0 Å². The van der Waals surface area contributed by atoms with Crippen LogP contribution in [-0.2, 0) is 0 Å². The molecule has 0 spiro atoms. The van der Waals surface area contributed by atoms with Crippen molar-refractivity contribution in [2.75, 3.05) is 7.11 Å². The third-order valence-electron chi connectivity index (χ3n) is 3.21. The molecule has 1 aliphatic carbocycles. The van der Waals surface area contributed by atoms with Gasteiger partial charge in [-0.3, -0.25) is 0 Å². The molecule has 0 radical (unpaired) electrons. The van der Waals surface area contributed by atoms with Gasteiger partial charge in [-0.2, -0.15) is 0 Å². The zero-order valence-electron chi connectivity index (χ0n) is 9.49. The van der Waals surface area contributed by atoms with Crippen LogP contribution in [0.15, 0.2) is 24.3 Å². The van der Waals surface area contributed by atoms with Crippen molar-refractivity contribution < 1.29 is 4.74 Å². The lowest BCUT2D eigenvalue weighted by atomic mass is 9.92. The molecule has 1 N–H and O–H groups in total. The highest BCUT2D eigenvalue weighted by Gasteiger charge is 2.19. The summed E-state index contributed by atoms with van der Waals surface area (Å²) >= 11 is 0. The average Bonchev–Trinajstić information content (AvgIpc) is 2.23. The van der Waals surface area contributed by atoms with Gasteiger partial charge in [0, 0.05) is 12.1 Å². The van der Waals surface area contributed by atoms with Gasteiger partial charge in [0.2, 0.25) is 0 Å². The highest BCUT2D eigenvalue weighted by atomic mass is 16.5. The first-order chi connectivity index (χ1) is 7.29. The van der Waals surface area contributed by atoms with Crippen molar-refractivity contribution >= 4 is 0 Å². The third-order valence-corrected chi connectivity index (χ3v) is 3.21. The Labute approximate surface area is 91.6 Å². The van der Waals surface area contributed by atoms with E-state index in [1.807, 2.05) is 12.1 Å². The first-order valence-corrected chi connectivity index (χ1v) is 5.69. The molecule has 1 aliphatic rings. The number of benzene rings is 1. The minimum atomic E-state index is 0.446. The van der Waals surface area contributed by atoms with Gasteiger partial charge < -0.3 is 10.1 Å². The fourth-order valence-corrected chi connectivity index (χ4v) is 1.92. The van der Waals surface area contributed by atoms with Crippen LogP contribution < -0.4 is 10.1 Å². The van der Waals surface area contributed by atoms with Crippen molar-refractivity contribution in [2.45, 2.75) is 38.3 Å². The highest BCUT2D eigenvalue weighted by Crippen LogP contribution is 2.23. The van der Waals surface area contributed by atoms with Crippen LogP contribution in [0.1, 0.15) is 37.8 Å². The van der Waals surface area contributed by atoms with Gasteiger partial charge in [0.1, 0.15) is 5.75 Å². The van der Waals surface area contributed by atoms with E-state index in [0.29, 0.717) is 6.04 Å². The molecule has 15 heavy (non-hydrogen) atoms. The maximum atomic E-state index is 5.14. The number of ether oxygens (including phenoxy) is 1. The molecule has 0 amide bonds. The summed E-state index contributed by atoms with van der Waals surface area (Å²) in [5.41, 5.74) is 1.34.